The summed E-state index contributed by atoms with van der Waals surface area (Å²) in [5.41, 5.74) is 4.95. The fourth-order valence-electron chi connectivity index (χ4n) is 5.98. The Hall–Kier alpha value is -0.350. The Morgan fingerprint density at radius 2 is 1.17 bits per heavy atom. The molecular formula is C23H35P. The first-order chi connectivity index (χ1) is 11.9. The molecule has 24 heavy (non-hydrogen) atoms. The molecule has 0 N–H and O–H groups in total. The van der Waals surface area contributed by atoms with Gasteiger partial charge in [-0.2, -0.15) is 0 Å². The molecule has 0 nitrogen and oxygen atoms in total. The van der Waals surface area contributed by atoms with Crippen LogP contribution in [-0.4, -0.2) is 17.0 Å². The molecule has 3 saturated carbocycles. The van der Waals surface area contributed by atoms with E-state index in [1.807, 2.05) is 0 Å². The van der Waals surface area contributed by atoms with Crippen LogP contribution >= 0.6 is 7.92 Å². The van der Waals surface area contributed by atoms with Gasteiger partial charge in [-0.05, 0) is 67.0 Å². The lowest BCUT2D eigenvalue weighted by Crippen LogP contribution is -2.28. The van der Waals surface area contributed by atoms with Crippen LogP contribution in [0.2, 0.25) is 0 Å². The Balaban J connectivity index is 1.58. The molecule has 0 saturated heterocycles. The number of benzene rings is 1. The Morgan fingerprint density at radius 1 is 0.583 bits per heavy atom. The maximum atomic E-state index is 2.43. The Labute approximate surface area is 150 Å². The molecule has 1 heteroatoms. The summed E-state index contributed by atoms with van der Waals surface area (Å²) in [6.07, 6.45) is 19.9. The van der Waals surface area contributed by atoms with Crippen molar-refractivity contribution in [2.24, 2.45) is 0 Å². The zero-order valence-electron chi connectivity index (χ0n) is 15.3. The first-order valence-electron chi connectivity index (χ1n) is 10.8. The van der Waals surface area contributed by atoms with Crippen molar-refractivity contribution in [2.45, 2.75) is 106 Å². The van der Waals surface area contributed by atoms with E-state index in [0.717, 1.165) is 22.9 Å². The molecule has 0 amide bonds. The third-order valence-corrected chi connectivity index (χ3v) is 11.2. The van der Waals surface area contributed by atoms with Gasteiger partial charge >= 0.3 is 0 Å². The second-order valence-electron chi connectivity index (χ2n) is 8.55. The highest BCUT2D eigenvalue weighted by atomic mass is 31.1. The second-order valence-corrected chi connectivity index (χ2v) is 11.6. The summed E-state index contributed by atoms with van der Waals surface area (Å²) in [5.74, 6) is 0.890. The predicted octanol–water partition coefficient (Wildman–Crippen LogP) is 7.47. The van der Waals surface area contributed by atoms with Crippen LogP contribution in [0.1, 0.15) is 95.0 Å². The zero-order chi connectivity index (χ0) is 16.2. The molecule has 0 spiro atoms. The van der Waals surface area contributed by atoms with Crippen molar-refractivity contribution in [1.29, 1.82) is 0 Å². The normalized spacial score (nSPS) is 30.0. The van der Waals surface area contributed by atoms with Crippen molar-refractivity contribution in [3.8, 4) is 0 Å². The van der Waals surface area contributed by atoms with Gasteiger partial charge in [0.25, 0.3) is 0 Å². The summed E-state index contributed by atoms with van der Waals surface area (Å²) in [4.78, 5) is 0. The minimum atomic E-state index is 0.239. The minimum Gasteiger partial charge on any atom is -0.0965 e. The fraction of sp³-hybridized carbons (Fsp3) is 0.739. The van der Waals surface area contributed by atoms with Crippen LogP contribution in [0.5, 0.6) is 0 Å². The zero-order valence-corrected chi connectivity index (χ0v) is 16.2. The Kier molecular flexibility index (Phi) is 5.95. The smallest absolute Gasteiger partial charge is 0.00941 e. The van der Waals surface area contributed by atoms with Crippen molar-refractivity contribution < 1.29 is 0 Å². The van der Waals surface area contributed by atoms with E-state index in [2.05, 4.69) is 30.3 Å². The average Bonchev–Trinajstić information content (AvgIpc) is 3.14. The molecule has 0 radical (unpaired) electrons. The molecule has 0 aromatic heterocycles. The second kappa shape index (κ2) is 8.35. The number of rotatable bonds is 4. The molecule has 0 aliphatic heterocycles. The first kappa shape index (κ1) is 17.1. The summed E-state index contributed by atoms with van der Waals surface area (Å²) in [6, 6.07) is 11.6. The van der Waals surface area contributed by atoms with E-state index < -0.39 is 0 Å². The van der Waals surface area contributed by atoms with E-state index in [-0.39, 0.29) is 7.92 Å². The van der Waals surface area contributed by atoms with Crippen LogP contribution in [0.4, 0.5) is 0 Å². The van der Waals surface area contributed by atoms with E-state index in [4.69, 9.17) is 0 Å². The molecule has 1 aromatic rings. The van der Waals surface area contributed by atoms with Gasteiger partial charge < -0.3 is 0 Å². The molecule has 0 bridgehead atoms. The largest absolute Gasteiger partial charge is 0.0965 e. The van der Waals surface area contributed by atoms with Crippen LogP contribution in [-0.2, 0) is 0 Å². The summed E-state index contributed by atoms with van der Waals surface area (Å²) in [7, 11) is 0.239. The van der Waals surface area contributed by atoms with Crippen LogP contribution in [0, 0.1) is 0 Å². The monoisotopic (exact) mass is 342 g/mol. The Morgan fingerprint density at radius 3 is 1.75 bits per heavy atom. The van der Waals surface area contributed by atoms with Gasteiger partial charge in [0.15, 0.2) is 0 Å². The van der Waals surface area contributed by atoms with Gasteiger partial charge in [0, 0.05) is 0 Å². The highest BCUT2D eigenvalue weighted by Crippen LogP contribution is 2.65. The summed E-state index contributed by atoms with van der Waals surface area (Å²) in [6.45, 7) is 0. The highest BCUT2D eigenvalue weighted by Gasteiger charge is 2.41. The third kappa shape index (κ3) is 3.75. The first-order valence-corrected chi connectivity index (χ1v) is 12.3. The summed E-state index contributed by atoms with van der Waals surface area (Å²) >= 11 is 0. The molecule has 1 unspecified atom stereocenters. The summed E-state index contributed by atoms with van der Waals surface area (Å²) < 4.78 is 0. The van der Waals surface area contributed by atoms with E-state index >= 15 is 0 Å². The van der Waals surface area contributed by atoms with Gasteiger partial charge in [-0.25, -0.2) is 0 Å². The SMILES string of the molecule is c1ccc([C@@H]2CCCC2P(C2CCCCC2)C2CCCCC2)cc1. The standard InChI is InChI=1S/C23H35P/c1-4-11-19(12-5-1)22-17-10-18-23(22)24(20-13-6-2-7-14-20)21-15-8-3-9-16-21/h1,4-5,11-12,20-23H,2-3,6-10,13-18H2/t22-,23?/m0/s1. The van der Waals surface area contributed by atoms with E-state index in [1.54, 1.807) is 31.2 Å². The van der Waals surface area contributed by atoms with Crippen molar-refractivity contribution >= 4 is 7.92 Å². The van der Waals surface area contributed by atoms with Crippen molar-refractivity contribution in [3.63, 3.8) is 0 Å². The van der Waals surface area contributed by atoms with E-state index in [1.165, 1.54) is 57.8 Å². The van der Waals surface area contributed by atoms with E-state index in [0.29, 0.717) is 0 Å². The molecule has 0 heterocycles. The van der Waals surface area contributed by atoms with Gasteiger partial charge in [-0.3, -0.25) is 0 Å². The van der Waals surface area contributed by atoms with Gasteiger partial charge in [-0.15, -0.1) is 0 Å². The quantitative estimate of drug-likeness (QED) is 0.498. The van der Waals surface area contributed by atoms with Crippen molar-refractivity contribution in [1.82, 2.24) is 0 Å². The Bertz CT molecular complexity index is 466. The average molecular weight is 343 g/mol. The van der Waals surface area contributed by atoms with Crippen LogP contribution in [0.25, 0.3) is 0 Å². The minimum absolute atomic E-state index is 0.239. The molecule has 3 aliphatic carbocycles. The van der Waals surface area contributed by atoms with Crippen LogP contribution in [0.3, 0.4) is 0 Å². The van der Waals surface area contributed by atoms with Gasteiger partial charge in [0.2, 0.25) is 0 Å². The summed E-state index contributed by atoms with van der Waals surface area (Å²) in [5, 5.41) is 0. The topological polar surface area (TPSA) is 0 Å². The molecule has 132 valence electrons. The molecular weight excluding hydrogens is 307 g/mol. The van der Waals surface area contributed by atoms with Gasteiger partial charge in [-0.1, -0.05) is 83.2 Å². The molecule has 3 fully saturated rings. The fourth-order valence-corrected chi connectivity index (χ4v) is 10.8. The predicted molar refractivity (Wildman–Crippen MR) is 107 cm³/mol. The maximum absolute atomic E-state index is 2.43. The molecule has 3 aliphatic rings. The molecule has 2 atom stereocenters. The third-order valence-electron chi connectivity index (χ3n) is 7.08. The van der Waals surface area contributed by atoms with Gasteiger partial charge in [0.05, 0.1) is 0 Å². The number of hydrogen-bond donors (Lipinski definition) is 0. The highest BCUT2D eigenvalue weighted by molar-refractivity contribution is 7.60. The lowest BCUT2D eigenvalue weighted by atomic mass is 9.97. The van der Waals surface area contributed by atoms with Crippen molar-refractivity contribution in [2.75, 3.05) is 0 Å². The van der Waals surface area contributed by atoms with Crippen LogP contribution < -0.4 is 0 Å². The molecule has 4 rings (SSSR count). The van der Waals surface area contributed by atoms with E-state index in [9.17, 15) is 0 Å². The molecule has 1 aromatic carbocycles. The lowest BCUT2D eigenvalue weighted by molar-refractivity contribution is 0.478. The van der Waals surface area contributed by atoms with Crippen molar-refractivity contribution in [3.05, 3.63) is 35.9 Å². The lowest BCUT2D eigenvalue weighted by Gasteiger charge is -2.44. The van der Waals surface area contributed by atoms with Crippen LogP contribution in [0.15, 0.2) is 30.3 Å². The number of hydrogen-bond acceptors (Lipinski definition) is 0. The maximum Gasteiger partial charge on any atom is -0.00941 e. The van der Waals surface area contributed by atoms with Gasteiger partial charge in [0.1, 0.15) is 0 Å².